The fraction of sp³-hybridized carbons (Fsp3) is 0.600. The zero-order chi connectivity index (χ0) is 9.47. The van der Waals surface area contributed by atoms with Gasteiger partial charge in [-0.05, 0) is 32.4 Å². The molecule has 13 heavy (non-hydrogen) atoms. The summed E-state index contributed by atoms with van der Waals surface area (Å²) in [5.74, 6) is 0.398. The average molecular weight is 182 g/mol. The molecule has 1 aliphatic rings. The molecule has 0 spiro atoms. The molecule has 1 aromatic heterocycles. The van der Waals surface area contributed by atoms with Crippen LogP contribution in [0.4, 0.5) is 0 Å². The van der Waals surface area contributed by atoms with E-state index in [-0.39, 0.29) is 6.10 Å². The molecule has 1 saturated heterocycles. The molecule has 0 N–H and O–H groups in total. The summed E-state index contributed by atoms with van der Waals surface area (Å²) in [6, 6.07) is 1.93. The third-order valence-electron chi connectivity index (χ3n) is 2.20. The molecule has 0 saturated carbocycles. The molecule has 3 nitrogen and oxygen atoms in total. The molecule has 1 aromatic rings. The first kappa shape index (κ1) is 8.78. The minimum absolute atomic E-state index is 0.0509. The number of hydrogen-bond acceptors (Lipinski definition) is 3. The normalized spacial score (nSPS) is 26.5. The summed E-state index contributed by atoms with van der Waals surface area (Å²) in [5, 5.41) is 0. The Bertz CT molecular complexity index is 301. The predicted molar refractivity (Wildman–Crippen MR) is 47.3 cm³/mol. The van der Waals surface area contributed by atoms with Crippen molar-refractivity contribution in [1.82, 2.24) is 0 Å². The van der Waals surface area contributed by atoms with Crippen molar-refractivity contribution in [3.05, 3.63) is 23.7 Å². The molecule has 1 aliphatic heterocycles. The number of rotatable bonds is 1. The number of hydrogen-bond donors (Lipinski definition) is 0. The van der Waals surface area contributed by atoms with E-state index in [2.05, 4.69) is 0 Å². The van der Waals surface area contributed by atoms with Gasteiger partial charge in [0.25, 0.3) is 0 Å². The molecule has 72 valence electrons. The first-order valence-corrected chi connectivity index (χ1v) is 4.44. The Morgan fingerprint density at radius 1 is 1.46 bits per heavy atom. The second-order valence-electron chi connectivity index (χ2n) is 3.79. The zero-order valence-corrected chi connectivity index (χ0v) is 8.16. The first-order valence-electron chi connectivity index (χ1n) is 4.44. The molecule has 1 atom stereocenters. The third kappa shape index (κ3) is 1.62. The summed E-state index contributed by atoms with van der Waals surface area (Å²) in [6.07, 6.45) is 1.63. The lowest BCUT2D eigenvalue weighted by Gasteiger charge is -2.16. The highest BCUT2D eigenvalue weighted by Gasteiger charge is 2.35. The highest BCUT2D eigenvalue weighted by molar-refractivity contribution is 5.17. The lowest BCUT2D eigenvalue weighted by atomic mass is 10.2. The summed E-state index contributed by atoms with van der Waals surface area (Å²) < 4.78 is 16.4. The molecule has 3 heteroatoms. The molecule has 0 aliphatic carbocycles. The van der Waals surface area contributed by atoms with E-state index >= 15 is 0 Å². The second-order valence-corrected chi connectivity index (χ2v) is 3.79. The third-order valence-corrected chi connectivity index (χ3v) is 2.20. The average Bonchev–Trinajstić information content (AvgIpc) is 2.56. The van der Waals surface area contributed by atoms with Gasteiger partial charge in [-0.25, -0.2) is 0 Å². The van der Waals surface area contributed by atoms with Crippen molar-refractivity contribution in [2.75, 3.05) is 6.61 Å². The standard InChI is InChI=1S/C10H14O3/c1-7-4-5-11-9(7)8-6-12-10(2,3)13-8/h4-5,8H,6H2,1-3H3/t8-/m1/s1. The van der Waals surface area contributed by atoms with Crippen LogP contribution in [0, 0.1) is 6.92 Å². The minimum atomic E-state index is -0.482. The highest BCUT2D eigenvalue weighted by Crippen LogP contribution is 2.34. The Balaban J connectivity index is 2.17. The van der Waals surface area contributed by atoms with Crippen LogP contribution in [0.25, 0.3) is 0 Å². The molecule has 0 unspecified atom stereocenters. The van der Waals surface area contributed by atoms with E-state index in [0.717, 1.165) is 11.3 Å². The van der Waals surface area contributed by atoms with Gasteiger partial charge in [-0.3, -0.25) is 0 Å². The van der Waals surface area contributed by atoms with Crippen LogP contribution in [0.15, 0.2) is 16.7 Å². The fourth-order valence-corrected chi connectivity index (χ4v) is 1.53. The SMILES string of the molecule is Cc1ccoc1[C@H]1COC(C)(C)O1. The molecule has 0 radical (unpaired) electrons. The fourth-order valence-electron chi connectivity index (χ4n) is 1.53. The molecule has 0 aromatic carbocycles. The van der Waals surface area contributed by atoms with E-state index in [1.165, 1.54) is 0 Å². The number of furan rings is 1. The van der Waals surface area contributed by atoms with E-state index < -0.39 is 5.79 Å². The Kier molecular flexibility index (Phi) is 1.93. The van der Waals surface area contributed by atoms with Crippen molar-refractivity contribution in [2.24, 2.45) is 0 Å². The summed E-state index contributed by atoms with van der Waals surface area (Å²) in [7, 11) is 0. The van der Waals surface area contributed by atoms with Gasteiger partial charge in [0.15, 0.2) is 5.79 Å². The van der Waals surface area contributed by atoms with Gasteiger partial charge in [-0.15, -0.1) is 0 Å². The van der Waals surface area contributed by atoms with Crippen molar-refractivity contribution < 1.29 is 13.9 Å². The van der Waals surface area contributed by atoms with Crippen LogP contribution >= 0.6 is 0 Å². The summed E-state index contributed by atoms with van der Waals surface area (Å²) in [6.45, 7) is 6.39. The van der Waals surface area contributed by atoms with Crippen LogP contribution in [0.3, 0.4) is 0 Å². The van der Waals surface area contributed by atoms with Crippen molar-refractivity contribution in [1.29, 1.82) is 0 Å². The van der Waals surface area contributed by atoms with E-state index in [4.69, 9.17) is 13.9 Å². The van der Waals surface area contributed by atoms with E-state index in [0.29, 0.717) is 6.61 Å². The van der Waals surface area contributed by atoms with Gasteiger partial charge in [0.2, 0.25) is 0 Å². The zero-order valence-electron chi connectivity index (χ0n) is 8.16. The lowest BCUT2D eigenvalue weighted by Crippen LogP contribution is -2.19. The monoisotopic (exact) mass is 182 g/mol. The van der Waals surface area contributed by atoms with Crippen LogP contribution in [-0.4, -0.2) is 12.4 Å². The highest BCUT2D eigenvalue weighted by atomic mass is 16.7. The number of aryl methyl sites for hydroxylation is 1. The summed E-state index contributed by atoms with van der Waals surface area (Å²) >= 11 is 0. The maximum absolute atomic E-state index is 5.66. The summed E-state index contributed by atoms with van der Waals surface area (Å²) in [4.78, 5) is 0. The molecule has 2 rings (SSSR count). The van der Waals surface area contributed by atoms with Crippen LogP contribution in [0.1, 0.15) is 31.3 Å². The Morgan fingerprint density at radius 2 is 2.23 bits per heavy atom. The quantitative estimate of drug-likeness (QED) is 0.668. The van der Waals surface area contributed by atoms with E-state index in [9.17, 15) is 0 Å². The van der Waals surface area contributed by atoms with E-state index in [1.54, 1.807) is 6.26 Å². The van der Waals surface area contributed by atoms with Crippen LogP contribution < -0.4 is 0 Å². The van der Waals surface area contributed by atoms with Crippen molar-refractivity contribution >= 4 is 0 Å². The Labute approximate surface area is 77.6 Å². The van der Waals surface area contributed by atoms with Gasteiger partial charge < -0.3 is 13.9 Å². The summed E-state index contributed by atoms with van der Waals surface area (Å²) in [5.41, 5.74) is 1.12. The van der Waals surface area contributed by atoms with Gasteiger partial charge in [0.1, 0.15) is 11.9 Å². The largest absolute Gasteiger partial charge is 0.466 e. The van der Waals surface area contributed by atoms with E-state index in [1.807, 2.05) is 26.8 Å². The molecular formula is C10H14O3. The maximum Gasteiger partial charge on any atom is 0.164 e. The van der Waals surface area contributed by atoms with Gasteiger partial charge >= 0.3 is 0 Å². The minimum Gasteiger partial charge on any atom is -0.466 e. The first-order chi connectivity index (χ1) is 6.08. The number of ether oxygens (including phenoxy) is 2. The smallest absolute Gasteiger partial charge is 0.164 e. The van der Waals surface area contributed by atoms with Gasteiger partial charge in [-0.1, -0.05) is 0 Å². The molecule has 0 amide bonds. The molecular weight excluding hydrogens is 168 g/mol. The molecule has 0 bridgehead atoms. The van der Waals surface area contributed by atoms with Crippen LogP contribution in [0.5, 0.6) is 0 Å². The van der Waals surface area contributed by atoms with Gasteiger partial charge in [-0.2, -0.15) is 0 Å². The van der Waals surface area contributed by atoms with Gasteiger partial charge in [0.05, 0.1) is 12.9 Å². The molecule has 2 heterocycles. The Morgan fingerprint density at radius 3 is 2.69 bits per heavy atom. The van der Waals surface area contributed by atoms with Crippen LogP contribution in [0.2, 0.25) is 0 Å². The lowest BCUT2D eigenvalue weighted by molar-refractivity contribution is -0.141. The van der Waals surface area contributed by atoms with Gasteiger partial charge in [0, 0.05) is 0 Å². The van der Waals surface area contributed by atoms with Crippen LogP contribution in [-0.2, 0) is 9.47 Å². The van der Waals surface area contributed by atoms with Crippen molar-refractivity contribution in [3.8, 4) is 0 Å². The molecule has 1 fully saturated rings. The predicted octanol–water partition coefficient (Wildman–Crippen LogP) is 2.41. The van der Waals surface area contributed by atoms with Crippen molar-refractivity contribution in [2.45, 2.75) is 32.7 Å². The van der Waals surface area contributed by atoms with Crippen molar-refractivity contribution in [3.63, 3.8) is 0 Å². The topological polar surface area (TPSA) is 31.6 Å². The maximum atomic E-state index is 5.66. The second kappa shape index (κ2) is 2.86. The Hall–Kier alpha value is -0.800.